The smallest absolute Gasteiger partial charge is 0.242 e. The number of benzene rings is 1. The van der Waals surface area contributed by atoms with Crippen LogP contribution in [0.4, 0.5) is 0 Å². The second kappa shape index (κ2) is 6.89. The highest BCUT2D eigenvalue weighted by Crippen LogP contribution is 2.25. The van der Waals surface area contributed by atoms with Gasteiger partial charge in [-0.15, -0.1) is 0 Å². The van der Waals surface area contributed by atoms with E-state index in [9.17, 15) is 8.42 Å². The summed E-state index contributed by atoms with van der Waals surface area (Å²) in [6, 6.07) is 4.87. The van der Waals surface area contributed by atoms with Gasteiger partial charge >= 0.3 is 0 Å². The summed E-state index contributed by atoms with van der Waals surface area (Å²) >= 11 is 6.00. The Bertz CT molecular complexity index is 554. The van der Waals surface area contributed by atoms with Gasteiger partial charge in [-0.05, 0) is 36.5 Å². The minimum atomic E-state index is -3.56. The van der Waals surface area contributed by atoms with Crippen LogP contribution < -0.4 is 10.5 Å². The fraction of sp³-hybridized carbons (Fsp3) is 0.571. The average Bonchev–Trinajstić information content (AvgIpc) is 2.47. The van der Waals surface area contributed by atoms with Gasteiger partial charge in [0, 0.05) is 13.1 Å². The van der Waals surface area contributed by atoms with Crippen LogP contribution in [-0.2, 0) is 16.6 Å². The number of sulfonamides is 1. The molecule has 0 spiro atoms. The fourth-order valence-corrected chi connectivity index (χ4v) is 4.24. The van der Waals surface area contributed by atoms with Crippen LogP contribution in [0, 0.1) is 5.92 Å². The number of hydrogen-bond donors (Lipinski definition) is 2. The molecule has 0 atom stereocenters. The maximum absolute atomic E-state index is 12.3. The van der Waals surface area contributed by atoms with Gasteiger partial charge in [0.25, 0.3) is 0 Å². The maximum atomic E-state index is 12.3. The normalized spacial score (nSPS) is 17.3. The molecule has 0 heterocycles. The van der Waals surface area contributed by atoms with Crippen LogP contribution >= 0.6 is 11.6 Å². The molecule has 4 nitrogen and oxygen atoms in total. The Morgan fingerprint density at radius 2 is 1.95 bits per heavy atom. The summed E-state index contributed by atoms with van der Waals surface area (Å²) in [5.74, 6) is 0.440. The van der Waals surface area contributed by atoms with Gasteiger partial charge in [0.1, 0.15) is 4.90 Å². The molecular weight excluding hydrogens is 296 g/mol. The van der Waals surface area contributed by atoms with Crippen LogP contribution in [0.5, 0.6) is 0 Å². The van der Waals surface area contributed by atoms with Gasteiger partial charge in [0.2, 0.25) is 10.0 Å². The van der Waals surface area contributed by atoms with Crippen LogP contribution in [0.1, 0.15) is 37.7 Å². The van der Waals surface area contributed by atoms with Crippen molar-refractivity contribution in [3.63, 3.8) is 0 Å². The van der Waals surface area contributed by atoms with Crippen molar-refractivity contribution in [2.75, 3.05) is 6.54 Å². The lowest BCUT2D eigenvalue weighted by Gasteiger charge is -2.21. The van der Waals surface area contributed by atoms with Crippen molar-refractivity contribution in [2.45, 2.75) is 43.5 Å². The topological polar surface area (TPSA) is 72.2 Å². The van der Waals surface area contributed by atoms with Crippen molar-refractivity contribution in [1.82, 2.24) is 4.72 Å². The zero-order valence-corrected chi connectivity index (χ0v) is 13.0. The second-order valence-corrected chi connectivity index (χ2v) is 7.47. The summed E-state index contributed by atoms with van der Waals surface area (Å²) in [4.78, 5) is 0.123. The molecule has 1 aromatic rings. The van der Waals surface area contributed by atoms with Crippen molar-refractivity contribution in [3.8, 4) is 0 Å². The Labute approximate surface area is 125 Å². The number of halogens is 1. The van der Waals surface area contributed by atoms with Crippen molar-refractivity contribution in [1.29, 1.82) is 0 Å². The number of nitrogens with two attached hydrogens (primary N) is 1. The Kier molecular flexibility index (Phi) is 5.43. The van der Waals surface area contributed by atoms with E-state index in [0.717, 1.165) is 18.4 Å². The Balaban J connectivity index is 2.09. The van der Waals surface area contributed by atoms with E-state index in [0.29, 0.717) is 19.0 Å². The van der Waals surface area contributed by atoms with Crippen molar-refractivity contribution in [3.05, 3.63) is 28.8 Å². The molecule has 112 valence electrons. The lowest BCUT2D eigenvalue weighted by Crippen LogP contribution is -2.30. The summed E-state index contributed by atoms with van der Waals surface area (Å²) in [7, 11) is -3.56. The van der Waals surface area contributed by atoms with Crippen LogP contribution in [0.25, 0.3) is 0 Å². The summed E-state index contributed by atoms with van der Waals surface area (Å²) in [6.45, 7) is 0.786. The van der Waals surface area contributed by atoms with Crippen molar-refractivity contribution >= 4 is 21.6 Å². The van der Waals surface area contributed by atoms with Gasteiger partial charge in [0.15, 0.2) is 0 Å². The minimum Gasteiger partial charge on any atom is -0.326 e. The van der Waals surface area contributed by atoms with Gasteiger partial charge in [-0.25, -0.2) is 13.1 Å². The molecule has 1 aliphatic carbocycles. The highest BCUT2D eigenvalue weighted by atomic mass is 35.5. The minimum absolute atomic E-state index is 0.123. The van der Waals surface area contributed by atoms with Gasteiger partial charge in [-0.1, -0.05) is 36.9 Å². The first kappa shape index (κ1) is 15.8. The van der Waals surface area contributed by atoms with E-state index in [1.54, 1.807) is 18.2 Å². The fourth-order valence-electron chi connectivity index (χ4n) is 2.58. The molecule has 0 aromatic heterocycles. The molecule has 0 aliphatic heterocycles. The van der Waals surface area contributed by atoms with Gasteiger partial charge in [-0.2, -0.15) is 0 Å². The predicted octanol–water partition coefficient (Wildman–Crippen LogP) is 2.66. The molecular formula is C14H21ClN2O2S. The summed E-state index contributed by atoms with van der Waals surface area (Å²) in [6.07, 6.45) is 5.83. The number of nitrogens with one attached hydrogen (secondary N) is 1. The molecule has 0 unspecified atom stereocenters. The monoisotopic (exact) mass is 316 g/mol. The molecule has 20 heavy (non-hydrogen) atoms. The quantitative estimate of drug-likeness (QED) is 0.877. The third kappa shape index (κ3) is 3.95. The van der Waals surface area contributed by atoms with E-state index in [-0.39, 0.29) is 9.92 Å². The van der Waals surface area contributed by atoms with Gasteiger partial charge in [0.05, 0.1) is 5.02 Å². The SMILES string of the molecule is NCc1ccc(Cl)c(S(=O)(=O)NCC2CCCCC2)c1. The Morgan fingerprint density at radius 1 is 1.25 bits per heavy atom. The van der Waals surface area contributed by atoms with E-state index in [4.69, 9.17) is 17.3 Å². The Morgan fingerprint density at radius 3 is 2.60 bits per heavy atom. The second-order valence-electron chi connectivity index (χ2n) is 5.32. The van der Waals surface area contributed by atoms with E-state index in [1.807, 2.05) is 0 Å². The van der Waals surface area contributed by atoms with Crippen LogP contribution in [0.3, 0.4) is 0 Å². The van der Waals surface area contributed by atoms with Gasteiger partial charge in [-0.3, -0.25) is 0 Å². The van der Waals surface area contributed by atoms with E-state index in [1.165, 1.54) is 19.3 Å². The van der Waals surface area contributed by atoms with Crippen molar-refractivity contribution in [2.24, 2.45) is 11.7 Å². The molecule has 6 heteroatoms. The Hall–Kier alpha value is -0.620. The molecule has 1 saturated carbocycles. The summed E-state index contributed by atoms with van der Waals surface area (Å²) in [5.41, 5.74) is 6.30. The largest absolute Gasteiger partial charge is 0.326 e. The molecule has 2 rings (SSSR count). The van der Waals surface area contributed by atoms with E-state index in [2.05, 4.69) is 4.72 Å². The van der Waals surface area contributed by atoms with Crippen molar-refractivity contribution < 1.29 is 8.42 Å². The van der Waals surface area contributed by atoms with E-state index >= 15 is 0 Å². The molecule has 1 aromatic carbocycles. The third-order valence-corrected chi connectivity index (χ3v) is 5.71. The summed E-state index contributed by atoms with van der Waals surface area (Å²) < 4.78 is 27.3. The zero-order valence-electron chi connectivity index (χ0n) is 11.4. The molecule has 0 saturated heterocycles. The molecule has 0 amide bonds. The highest BCUT2D eigenvalue weighted by molar-refractivity contribution is 7.89. The van der Waals surface area contributed by atoms with Gasteiger partial charge < -0.3 is 5.73 Å². The van der Waals surface area contributed by atoms with E-state index < -0.39 is 10.0 Å². The first-order valence-corrected chi connectivity index (χ1v) is 8.87. The van der Waals surface area contributed by atoms with Crippen LogP contribution in [-0.4, -0.2) is 15.0 Å². The standard InChI is InChI=1S/C14H21ClN2O2S/c15-13-7-6-12(9-16)8-14(13)20(18,19)17-10-11-4-2-1-3-5-11/h6-8,11,17H,1-5,9-10,16H2. The average molecular weight is 317 g/mol. The molecule has 3 N–H and O–H groups in total. The maximum Gasteiger partial charge on any atom is 0.242 e. The lowest BCUT2D eigenvalue weighted by molar-refractivity contribution is 0.357. The third-order valence-electron chi connectivity index (χ3n) is 3.81. The van der Waals surface area contributed by atoms with Crippen LogP contribution in [0.2, 0.25) is 5.02 Å². The number of hydrogen-bond acceptors (Lipinski definition) is 3. The first-order chi connectivity index (χ1) is 9.53. The predicted molar refractivity (Wildman–Crippen MR) is 81.1 cm³/mol. The zero-order chi connectivity index (χ0) is 14.6. The molecule has 1 aliphatic rings. The molecule has 1 fully saturated rings. The highest BCUT2D eigenvalue weighted by Gasteiger charge is 2.21. The van der Waals surface area contributed by atoms with Crippen LogP contribution in [0.15, 0.2) is 23.1 Å². The molecule has 0 radical (unpaired) electrons. The number of rotatable bonds is 5. The molecule has 0 bridgehead atoms. The summed E-state index contributed by atoms with van der Waals surface area (Å²) in [5, 5.41) is 0.235. The first-order valence-electron chi connectivity index (χ1n) is 7.01. The lowest BCUT2D eigenvalue weighted by atomic mass is 9.90.